The van der Waals surface area contributed by atoms with E-state index in [4.69, 9.17) is 9.84 Å². The summed E-state index contributed by atoms with van der Waals surface area (Å²) in [5.41, 5.74) is 0.420. The van der Waals surface area contributed by atoms with Crippen LogP contribution in [0.4, 0.5) is 0 Å². The molecule has 0 radical (unpaired) electrons. The third-order valence-corrected chi connectivity index (χ3v) is 3.30. The smallest absolute Gasteiger partial charge is 0.326 e. The van der Waals surface area contributed by atoms with E-state index in [1.54, 1.807) is 38.1 Å². The Kier molecular flexibility index (Phi) is 6.89. The molecule has 0 aliphatic heterocycles. The highest BCUT2D eigenvalue weighted by Crippen LogP contribution is 2.14. The fourth-order valence-corrected chi connectivity index (χ4v) is 1.85. The number of carboxylic acids is 1. The number of carboxylic acid groups (broad SMARTS) is 1. The molecule has 0 aliphatic carbocycles. The van der Waals surface area contributed by atoms with E-state index in [0.717, 1.165) is 6.42 Å². The molecule has 0 aromatic heterocycles. The average molecular weight is 307 g/mol. The monoisotopic (exact) mass is 307 g/mol. The molecule has 1 rings (SSSR count). The van der Waals surface area contributed by atoms with Crippen LogP contribution < -0.4 is 10.1 Å². The molecule has 5 nitrogen and oxygen atoms in total. The minimum Gasteiger partial charge on any atom is -0.494 e. The van der Waals surface area contributed by atoms with E-state index in [-0.39, 0.29) is 5.92 Å². The van der Waals surface area contributed by atoms with Gasteiger partial charge in [-0.15, -0.1) is 0 Å². The van der Waals surface area contributed by atoms with Gasteiger partial charge in [-0.2, -0.15) is 0 Å². The topological polar surface area (TPSA) is 75.6 Å². The van der Waals surface area contributed by atoms with Crippen molar-refractivity contribution in [1.82, 2.24) is 5.32 Å². The minimum absolute atomic E-state index is 0.180. The number of hydrogen-bond donors (Lipinski definition) is 2. The highest BCUT2D eigenvalue weighted by Gasteiger charge is 2.23. The first-order valence-corrected chi connectivity index (χ1v) is 7.57. The molecule has 0 saturated heterocycles. The van der Waals surface area contributed by atoms with Gasteiger partial charge in [-0.25, -0.2) is 4.79 Å². The van der Waals surface area contributed by atoms with E-state index in [0.29, 0.717) is 23.8 Å². The number of carbonyl (C=O) groups excluding carboxylic acids is 1. The van der Waals surface area contributed by atoms with Gasteiger partial charge in [-0.1, -0.05) is 27.7 Å². The summed E-state index contributed by atoms with van der Waals surface area (Å²) in [6.45, 7) is 8.40. The molecular formula is C17H25NO4. The van der Waals surface area contributed by atoms with Gasteiger partial charge in [0.05, 0.1) is 6.61 Å². The molecule has 0 bridgehead atoms. The Balaban J connectivity index is 2.62. The molecule has 1 aromatic carbocycles. The summed E-state index contributed by atoms with van der Waals surface area (Å²) >= 11 is 0. The highest BCUT2D eigenvalue weighted by atomic mass is 16.5. The van der Waals surface area contributed by atoms with E-state index in [1.807, 2.05) is 0 Å². The molecule has 0 unspecified atom stereocenters. The number of ether oxygens (including phenoxy) is 1. The third-order valence-electron chi connectivity index (χ3n) is 3.30. The van der Waals surface area contributed by atoms with E-state index in [2.05, 4.69) is 19.2 Å². The van der Waals surface area contributed by atoms with Crippen LogP contribution in [-0.4, -0.2) is 29.6 Å². The number of rotatable bonds is 8. The SMILES string of the molecule is CC(C)CCOc1ccc(C(=O)N[C@H](C(=O)O)C(C)C)cc1. The van der Waals surface area contributed by atoms with Gasteiger partial charge in [-0.3, -0.25) is 4.79 Å². The summed E-state index contributed by atoms with van der Waals surface area (Å²) in [5.74, 6) is -0.322. The molecule has 22 heavy (non-hydrogen) atoms. The molecule has 1 aromatic rings. The maximum atomic E-state index is 12.1. The lowest BCUT2D eigenvalue weighted by Gasteiger charge is -2.18. The molecule has 0 fully saturated rings. The number of aliphatic carboxylic acids is 1. The van der Waals surface area contributed by atoms with E-state index < -0.39 is 17.9 Å². The predicted molar refractivity (Wildman–Crippen MR) is 85.1 cm³/mol. The maximum absolute atomic E-state index is 12.1. The fourth-order valence-electron chi connectivity index (χ4n) is 1.85. The zero-order valence-corrected chi connectivity index (χ0v) is 13.6. The van der Waals surface area contributed by atoms with Crippen LogP contribution in [0.2, 0.25) is 0 Å². The number of hydrogen-bond acceptors (Lipinski definition) is 3. The van der Waals surface area contributed by atoms with E-state index >= 15 is 0 Å². The van der Waals surface area contributed by atoms with Crippen LogP contribution in [0.25, 0.3) is 0 Å². The first-order valence-electron chi connectivity index (χ1n) is 7.57. The lowest BCUT2D eigenvalue weighted by Crippen LogP contribution is -2.44. The first-order chi connectivity index (χ1) is 10.3. The Morgan fingerprint density at radius 1 is 1.14 bits per heavy atom. The predicted octanol–water partition coefficient (Wildman–Crippen LogP) is 2.95. The Hall–Kier alpha value is -2.04. The Morgan fingerprint density at radius 2 is 1.73 bits per heavy atom. The zero-order chi connectivity index (χ0) is 16.7. The van der Waals surface area contributed by atoms with Gasteiger partial charge in [0.15, 0.2) is 0 Å². The molecule has 0 heterocycles. The first kappa shape index (κ1) is 18.0. The second-order valence-electron chi connectivity index (χ2n) is 6.09. The summed E-state index contributed by atoms with van der Waals surface area (Å²) in [6, 6.07) is 5.83. The van der Waals surface area contributed by atoms with Gasteiger partial charge in [0, 0.05) is 5.56 Å². The Morgan fingerprint density at radius 3 is 2.18 bits per heavy atom. The lowest BCUT2D eigenvalue weighted by atomic mass is 10.0. The average Bonchev–Trinajstić information content (AvgIpc) is 2.44. The van der Waals surface area contributed by atoms with Crippen LogP contribution in [0, 0.1) is 11.8 Å². The van der Waals surface area contributed by atoms with Gasteiger partial charge >= 0.3 is 5.97 Å². The molecule has 5 heteroatoms. The lowest BCUT2D eigenvalue weighted by molar-refractivity contribution is -0.140. The molecule has 0 aliphatic rings. The largest absolute Gasteiger partial charge is 0.494 e. The van der Waals surface area contributed by atoms with Crippen LogP contribution >= 0.6 is 0 Å². The molecule has 0 saturated carbocycles. The van der Waals surface area contributed by atoms with Crippen molar-refractivity contribution in [3.05, 3.63) is 29.8 Å². The Bertz CT molecular complexity index is 494. The number of amides is 1. The van der Waals surface area contributed by atoms with Crippen molar-refractivity contribution in [2.45, 2.75) is 40.2 Å². The van der Waals surface area contributed by atoms with Gasteiger partial charge in [0.2, 0.25) is 0 Å². The Labute approximate surface area is 131 Å². The summed E-state index contributed by atoms with van der Waals surface area (Å²) in [4.78, 5) is 23.2. The molecular weight excluding hydrogens is 282 g/mol. The summed E-state index contributed by atoms with van der Waals surface area (Å²) in [6.07, 6.45) is 0.969. The van der Waals surface area contributed by atoms with Crippen molar-refractivity contribution in [2.24, 2.45) is 11.8 Å². The fraction of sp³-hybridized carbons (Fsp3) is 0.529. The molecule has 1 atom stereocenters. The van der Waals surface area contributed by atoms with Crippen molar-refractivity contribution in [2.75, 3.05) is 6.61 Å². The van der Waals surface area contributed by atoms with Crippen LogP contribution in [-0.2, 0) is 4.79 Å². The molecule has 0 spiro atoms. The van der Waals surface area contributed by atoms with Gasteiger partial charge < -0.3 is 15.2 Å². The molecule has 122 valence electrons. The van der Waals surface area contributed by atoms with Gasteiger partial charge in [0.1, 0.15) is 11.8 Å². The quantitative estimate of drug-likeness (QED) is 0.774. The van der Waals surface area contributed by atoms with Crippen molar-refractivity contribution in [3.8, 4) is 5.75 Å². The van der Waals surface area contributed by atoms with E-state index in [9.17, 15) is 9.59 Å². The standard InChI is InChI=1S/C17H25NO4/c1-11(2)9-10-22-14-7-5-13(6-8-14)16(19)18-15(12(3)4)17(20)21/h5-8,11-12,15H,9-10H2,1-4H3,(H,18,19)(H,20,21)/t15-/m0/s1. The van der Waals surface area contributed by atoms with Gasteiger partial charge in [0.25, 0.3) is 5.91 Å². The summed E-state index contributed by atoms with van der Waals surface area (Å²) < 4.78 is 5.58. The zero-order valence-electron chi connectivity index (χ0n) is 13.6. The van der Waals surface area contributed by atoms with Crippen LogP contribution in [0.5, 0.6) is 5.75 Å². The van der Waals surface area contributed by atoms with Crippen LogP contribution in [0.15, 0.2) is 24.3 Å². The summed E-state index contributed by atoms with van der Waals surface area (Å²) in [5, 5.41) is 11.6. The van der Waals surface area contributed by atoms with Crippen LogP contribution in [0.1, 0.15) is 44.5 Å². The summed E-state index contributed by atoms with van der Waals surface area (Å²) in [7, 11) is 0. The highest BCUT2D eigenvalue weighted by molar-refractivity contribution is 5.96. The second kappa shape index (κ2) is 8.41. The van der Waals surface area contributed by atoms with Crippen molar-refractivity contribution >= 4 is 11.9 Å². The number of carbonyl (C=O) groups is 2. The molecule has 2 N–H and O–H groups in total. The number of benzene rings is 1. The van der Waals surface area contributed by atoms with Crippen LogP contribution in [0.3, 0.4) is 0 Å². The minimum atomic E-state index is -1.03. The van der Waals surface area contributed by atoms with E-state index in [1.165, 1.54) is 0 Å². The normalized spacial score (nSPS) is 12.3. The van der Waals surface area contributed by atoms with Crippen molar-refractivity contribution in [1.29, 1.82) is 0 Å². The number of nitrogens with one attached hydrogen (secondary N) is 1. The van der Waals surface area contributed by atoms with Crippen molar-refractivity contribution < 1.29 is 19.4 Å². The third kappa shape index (κ3) is 5.76. The maximum Gasteiger partial charge on any atom is 0.326 e. The second-order valence-corrected chi connectivity index (χ2v) is 6.09. The molecule has 1 amide bonds. The van der Waals surface area contributed by atoms with Gasteiger partial charge in [-0.05, 0) is 42.5 Å². The van der Waals surface area contributed by atoms with Crippen molar-refractivity contribution in [3.63, 3.8) is 0 Å².